The summed E-state index contributed by atoms with van der Waals surface area (Å²) in [6.07, 6.45) is 1.49. The SMILES string of the molecule is Cc1ccc(S(=O)(=O)N2CCCC(C(=O)N3CCN(Cc4ccccc4)CC3)C2)s1. The van der Waals surface area contributed by atoms with Crippen molar-refractivity contribution in [1.82, 2.24) is 14.1 Å². The van der Waals surface area contributed by atoms with E-state index in [1.54, 1.807) is 6.07 Å². The van der Waals surface area contributed by atoms with Gasteiger partial charge in [-0.05, 0) is 37.5 Å². The first-order valence-corrected chi connectivity index (χ1v) is 12.8. The predicted octanol–water partition coefficient (Wildman–Crippen LogP) is 2.80. The number of carbonyl (C=O) groups is 1. The van der Waals surface area contributed by atoms with E-state index < -0.39 is 10.0 Å². The van der Waals surface area contributed by atoms with Crippen LogP contribution in [0.1, 0.15) is 23.3 Å². The zero-order valence-electron chi connectivity index (χ0n) is 17.4. The Kier molecular flexibility index (Phi) is 6.57. The van der Waals surface area contributed by atoms with E-state index in [9.17, 15) is 13.2 Å². The fraction of sp³-hybridized carbons (Fsp3) is 0.500. The van der Waals surface area contributed by atoms with Crippen molar-refractivity contribution in [2.75, 3.05) is 39.3 Å². The van der Waals surface area contributed by atoms with Crippen molar-refractivity contribution in [1.29, 1.82) is 0 Å². The number of hydrogen-bond donors (Lipinski definition) is 0. The molecular formula is C22H29N3O3S2. The summed E-state index contributed by atoms with van der Waals surface area (Å²) in [4.78, 5) is 18.4. The Balaban J connectivity index is 1.34. The summed E-state index contributed by atoms with van der Waals surface area (Å²) in [5.41, 5.74) is 1.29. The van der Waals surface area contributed by atoms with Gasteiger partial charge in [0, 0.05) is 50.7 Å². The van der Waals surface area contributed by atoms with Gasteiger partial charge in [-0.1, -0.05) is 30.3 Å². The van der Waals surface area contributed by atoms with Gasteiger partial charge in [0.25, 0.3) is 10.0 Å². The highest BCUT2D eigenvalue weighted by Gasteiger charge is 2.36. The van der Waals surface area contributed by atoms with Crippen LogP contribution in [0.25, 0.3) is 0 Å². The normalized spacial score (nSPS) is 21.6. The van der Waals surface area contributed by atoms with E-state index in [0.717, 1.165) is 37.4 Å². The first-order valence-electron chi connectivity index (χ1n) is 10.5. The van der Waals surface area contributed by atoms with E-state index in [2.05, 4.69) is 29.2 Å². The minimum Gasteiger partial charge on any atom is -0.340 e. The molecule has 6 nitrogen and oxygen atoms in total. The van der Waals surface area contributed by atoms with Gasteiger partial charge in [-0.25, -0.2) is 8.42 Å². The number of sulfonamides is 1. The Hall–Kier alpha value is -1.74. The molecule has 2 fully saturated rings. The average molecular weight is 448 g/mol. The van der Waals surface area contributed by atoms with Gasteiger partial charge in [-0.2, -0.15) is 4.31 Å². The number of piperazine rings is 1. The highest BCUT2D eigenvalue weighted by molar-refractivity contribution is 7.91. The Labute approximate surface area is 183 Å². The highest BCUT2D eigenvalue weighted by Crippen LogP contribution is 2.29. The van der Waals surface area contributed by atoms with Gasteiger partial charge in [0.05, 0.1) is 5.92 Å². The van der Waals surface area contributed by atoms with E-state index in [1.165, 1.54) is 21.2 Å². The Morgan fingerprint density at radius 3 is 2.43 bits per heavy atom. The van der Waals surface area contributed by atoms with Crippen LogP contribution < -0.4 is 0 Å². The molecule has 4 rings (SSSR count). The Morgan fingerprint density at radius 1 is 1.03 bits per heavy atom. The molecule has 1 unspecified atom stereocenters. The quantitative estimate of drug-likeness (QED) is 0.707. The van der Waals surface area contributed by atoms with Crippen molar-refractivity contribution in [2.24, 2.45) is 5.92 Å². The molecule has 0 saturated carbocycles. The number of rotatable bonds is 5. The van der Waals surface area contributed by atoms with E-state index in [1.807, 2.05) is 24.0 Å². The maximum atomic E-state index is 13.1. The minimum absolute atomic E-state index is 0.108. The minimum atomic E-state index is -3.51. The second kappa shape index (κ2) is 9.18. The van der Waals surface area contributed by atoms with Gasteiger partial charge in [0.15, 0.2) is 0 Å². The topological polar surface area (TPSA) is 60.9 Å². The lowest BCUT2D eigenvalue weighted by Gasteiger charge is -2.38. The first kappa shape index (κ1) is 21.5. The van der Waals surface area contributed by atoms with Crippen molar-refractivity contribution in [3.63, 3.8) is 0 Å². The van der Waals surface area contributed by atoms with Crippen LogP contribution in [0.15, 0.2) is 46.7 Å². The maximum absolute atomic E-state index is 13.1. The summed E-state index contributed by atoms with van der Waals surface area (Å²) >= 11 is 1.30. The molecule has 2 aliphatic heterocycles. The van der Waals surface area contributed by atoms with E-state index in [-0.39, 0.29) is 11.8 Å². The van der Waals surface area contributed by atoms with Crippen LogP contribution in [-0.2, 0) is 21.4 Å². The van der Waals surface area contributed by atoms with Crippen LogP contribution in [0.2, 0.25) is 0 Å². The smallest absolute Gasteiger partial charge is 0.252 e. The summed E-state index contributed by atoms with van der Waals surface area (Å²) in [7, 11) is -3.51. The number of hydrogen-bond acceptors (Lipinski definition) is 5. The zero-order valence-corrected chi connectivity index (χ0v) is 19.0. The van der Waals surface area contributed by atoms with Crippen molar-refractivity contribution in [3.8, 4) is 0 Å². The number of nitrogens with zero attached hydrogens (tertiary/aromatic N) is 3. The van der Waals surface area contributed by atoms with Crippen molar-refractivity contribution in [2.45, 2.75) is 30.5 Å². The summed E-state index contributed by atoms with van der Waals surface area (Å²) in [5.74, 6) is -0.133. The molecule has 0 bridgehead atoms. The van der Waals surface area contributed by atoms with E-state index in [4.69, 9.17) is 0 Å². The van der Waals surface area contributed by atoms with Crippen LogP contribution in [-0.4, -0.2) is 67.7 Å². The lowest BCUT2D eigenvalue weighted by molar-refractivity contribution is -0.138. The summed E-state index contributed by atoms with van der Waals surface area (Å²) in [6.45, 7) is 6.71. The molecule has 1 amide bonds. The van der Waals surface area contributed by atoms with Crippen molar-refractivity contribution >= 4 is 27.3 Å². The second-order valence-corrected chi connectivity index (χ2v) is 11.6. The average Bonchev–Trinajstić information content (AvgIpc) is 3.22. The second-order valence-electron chi connectivity index (χ2n) is 8.15. The summed E-state index contributed by atoms with van der Waals surface area (Å²) in [6, 6.07) is 13.9. The largest absolute Gasteiger partial charge is 0.340 e. The summed E-state index contributed by atoms with van der Waals surface area (Å²) in [5, 5.41) is 0. The maximum Gasteiger partial charge on any atom is 0.252 e. The number of carbonyl (C=O) groups excluding carboxylic acids is 1. The van der Waals surface area contributed by atoms with Crippen molar-refractivity contribution < 1.29 is 13.2 Å². The molecule has 3 heterocycles. The Bertz CT molecular complexity index is 967. The summed E-state index contributed by atoms with van der Waals surface area (Å²) < 4.78 is 27.8. The van der Waals surface area contributed by atoms with Crippen LogP contribution >= 0.6 is 11.3 Å². The zero-order chi connectivity index (χ0) is 21.1. The Morgan fingerprint density at radius 2 is 1.77 bits per heavy atom. The molecule has 0 spiro atoms. The van der Waals surface area contributed by atoms with E-state index in [0.29, 0.717) is 30.4 Å². The van der Waals surface area contributed by atoms with Gasteiger partial charge in [0.2, 0.25) is 5.91 Å². The lowest BCUT2D eigenvalue weighted by Crippen LogP contribution is -2.52. The number of amides is 1. The molecule has 0 N–H and O–H groups in total. The van der Waals surface area contributed by atoms with E-state index >= 15 is 0 Å². The molecule has 1 aromatic carbocycles. The van der Waals surface area contributed by atoms with Gasteiger partial charge in [0.1, 0.15) is 4.21 Å². The predicted molar refractivity (Wildman–Crippen MR) is 119 cm³/mol. The number of piperidine rings is 1. The third kappa shape index (κ3) is 4.77. The van der Waals surface area contributed by atoms with Crippen LogP contribution in [0.3, 0.4) is 0 Å². The molecule has 2 aromatic rings. The number of thiophene rings is 1. The molecule has 0 aliphatic carbocycles. The first-order chi connectivity index (χ1) is 14.4. The highest BCUT2D eigenvalue weighted by atomic mass is 32.2. The molecule has 8 heteroatoms. The number of aryl methyl sites for hydroxylation is 1. The van der Waals surface area contributed by atoms with Gasteiger partial charge < -0.3 is 4.90 Å². The van der Waals surface area contributed by atoms with Gasteiger partial charge >= 0.3 is 0 Å². The monoisotopic (exact) mass is 447 g/mol. The molecule has 2 saturated heterocycles. The molecule has 162 valence electrons. The molecule has 2 aliphatic rings. The van der Waals surface area contributed by atoms with Gasteiger partial charge in [-0.3, -0.25) is 9.69 Å². The molecule has 30 heavy (non-hydrogen) atoms. The third-order valence-corrected chi connectivity index (χ3v) is 9.31. The number of benzene rings is 1. The molecule has 1 atom stereocenters. The standard InChI is InChI=1S/C22H29N3O3S2/c1-18-9-10-21(29-18)30(27,28)25-11-5-8-20(17-25)22(26)24-14-12-23(13-15-24)16-19-6-3-2-4-7-19/h2-4,6-7,9-10,20H,5,8,11-17H2,1H3. The van der Waals surface area contributed by atoms with Crippen LogP contribution in [0.4, 0.5) is 0 Å². The fourth-order valence-corrected chi connectivity index (χ4v) is 7.23. The molecular weight excluding hydrogens is 418 g/mol. The van der Waals surface area contributed by atoms with Crippen molar-refractivity contribution in [3.05, 3.63) is 52.9 Å². The van der Waals surface area contributed by atoms with Crippen LogP contribution in [0.5, 0.6) is 0 Å². The van der Waals surface area contributed by atoms with Gasteiger partial charge in [-0.15, -0.1) is 11.3 Å². The molecule has 0 radical (unpaired) electrons. The fourth-order valence-electron chi connectivity index (χ4n) is 4.27. The lowest BCUT2D eigenvalue weighted by atomic mass is 9.97. The molecule has 1 aromatic heterocycles. The third-order valence-electron chi connectivity index (χ3n) is 5.98. The van der Waals surface area contributed by atoms with Crippen LogP contribution in [0, 0.1) is 12.8 Å².